The lowest BCUT2D eigenvalue weighted by molar-refractivity contribution is 0.0999. The lowest BCUT2D eigenvalue weighted by Crippen LogP contribution is -2.17. The first kappa shape index (κ1) is 22.1. The molecule has 3 aromatic carbocycles. The van der Waals surface area contributed by atoms with Crippen molar-refractivity contribution < 1.29 is 22.9 Å². The predicted octanol–water partition coefficient (Wildman–Crippen LogP) is 6.35. The van der Waals surface area contributed by atoms with Gasteiger partial charge in [0.05, 0.1) is 0 Å². The third kappa shape index (κ3) is 4.41. The molecule has 35 heavy (non-hydrogen) atoms. The van der Waals surface area contributed by atoms with Gasteiger partial charge >= 0.3 is 0 Å². The summed E-state index contributed by atoms with van der Waals surface area (Å²) < 4.78 is 25.0. The maximum Gasteiger partial charge on any atom is 0.293 e. The van der Waals surface area contributed by atoms with Gasteiger partial charge in [-0.25, -0.2) is 4.39 Å². The zero-order valence-electron chi connectivity index (χ0n) is 18.9. The zero-order chi connectivity index (χ0) is 24.5. The van der Waals surface area contributed by atoms with Crippen LogP contribution in [0.4, 0.5) is 15.8 Å². The zero-order valence-corrected chi connectivity index (χ0v) is 18.9. The summed E-state index contributed by atoms with van der Waals surface area (Å²) in [5.74, 6) is -1.33. The van der Waals surface area contributed by atoms with E-state index < -0.39 is 11.8 Å². The molecule has 2 aromatic heterocycles. The van der Waals surface area contributed by atoms with Crippen molar-refractivity contribution in [3.63, 3.8) is 0 Å². The van der Waals surface area contributed by atoms with Crippen molar-refractivity contribution in [3.05, 3.63) is 101 Å². The summed E-state index contributed by atoms with van der Waals surface area (Å²) in [6.07, 6.45) is 0. The summed E-state index contributed by atoms with van der Waals surface area (Å²) >= 11 is 0. The van der Waals surface area contributed by atoms with Crippen LogP contribution in [0.5, 0.6) is 0 Å². The molecule has 0 spiro atoms. The molecule has 8 heteroatoms. The molecule has 0 saturated heterocycles. The lowest BCUT2D eigenvalue weighted by Gasteiger charge is -2.06. The predicted molar refractivity (Wildman–Crippen MR) is 130 cm³/mol. The van der Waals surface area contributed by atoms with Crippen LogP contribution in [0.3, 0.4) is 0 Å². The number of nitrogens with zero attached hydrogens (tertiary/aromatic N) is 1. The van der Waals surface area contributed by atoms with Gasteiger partial charge in [-0.15, -0.1) is 0 Å². The number of carbonyl (C=O) groups is 2. The number of benzene rings is 3. The third-order valence-corrected chi connectivity index (χ3v) is 5.55. The molecule has 0 saturated carbocycles. The average Bonchev–Trinajstić information content (AvgIpc) is 3.48. The van der Waals surface area contributed by atoms with Crippen LogP contribution in [0.2, 0.25) is 0 Å². The SMILES string of the molecule is Cc1ccc(NC(=O)c2oc3ccccc3c2NC(=O)c2cc(-c3ccc(C)c(F)c3)on2)cc1. The lowest BCUT2D eigenvalue weighted by atomic mass is 10.1. The second-order valence-electron chi connectivity index (χ2n) is 8.12. The normalized spacial score (nSPS) is 10.9. The molecule has 0 fully saturated rings. The van der Waals surface area contributed by atoms with Crippen LogP contribution in [0.15, 0.2) is 81.7 Å². The Bertz CT molecular complexity index is 1570. The molecule has 2 amide bonds. The molecule has 0 bridgehead atoms. The number of hydrogen-bond acceptors (Lipinski definition) is 5. The number of carbonyl (C=O) groups excluding carboxylic acids is 2. The van der Waals surface area contributed by atoms with Crippen LogP contribution < -0.4 is 10.6 Å². The van der Waals surface area contributed by atoms with E-state index in [9.17, 15) is 14.0 Å². The Morgan fingerprint density at radius 1 is 0.886 bits per heavy atom. The van der Waals surface area contributed by atoms with Gasteiger partial charge in [0.2, 0.25) is 5.76 Å². The number of nitrogens with one attached hydrogen (secondary N) is 2. The van der Waals surface area contributed by atoms with Crippen LogP contribution in [-0.4, -0.2) is 17.0 Å². The highest BCUT2D eigenvalue weighted by Crippen LogP contribution is 2.32. The molecule has 0 radical (unpaired) electrons. The van der Waals surface area contributed by atoms with E-state index in [2.05, 4.69) is 15.8 Å². The third-order valence-electron chi connectivity index (χ3n) is 5.55. The van der Waals surface area contributed by atoms with Crippen LogP contribution >= 0.6 is 0 Å². The smallest absolute Gasteiger partial charge is 0.293 e. The number of para-hydroxylation sites is 1. The molecule has 174 valence electrons. The van der Waals surface area contributed by atoms with E-state index >= 15 is 0 Å². The fourth-order valence-electron chi connectivity index (χ4n) is 3.60. The van der Waals surface area contributed by atoms with Gasteiger partial charge in [-0.2, -0.15) is 0 Å². The molecule has 0 unspecified atom stereocenters. The molecular weight excluding hydrogens is 449 g/mol. The summed E-state index contributed by atoms with van der Waals surface area (Å²) in [6, 6.07) is 20.3. The number of aryl methyl sites for hydroxylation is 2. The van der Waals surface area contributed by atoms with E-state index in [1.54, 1.807) is 55.5 Å². The number of aromatic nitrogens is 1. The molecule has 7 nitrogen and oxygen atoms in total. The summed E-state index contributed by atoms with van der Waals surface area (Å²) in [5, 5.41) is 9.87. The largest absolute Gasteiger partial charge is 0.449 e. The van der Waals surface area contributed by atoms with Gasteiger partial charge in [0, 0.05) is 22.7 Å². The summed E-state index contributed by atoms with van der Waals surface area (Å²) in [4.78, 5) is 26.0. The topological polar surface area (TPSA) is 97.4 Å². The van der Waals surface area contributed by atoms with Crippen molar-refractivity contribution in [1.82, 2.24) is 5.16 Å². The van der Waals surface area contributed by atoms with E-state index in [4.69, 9.17) is 8.94 Å². The minimum atomic E-state index is -0.608. The molecule has 2 N–H and O–H groups in total. The van der Waals surface area contributed by atoms with Crippen LogP contribution in [0, 0.1) is 19.7 Å². The molecule has 0 atom stereocenters. The number of hydrogen-bond donors (Lipinski definition) is 2. The summed E-state index contributed by atoms with van der Waals surface area (Å²) in [7, 11) is 0. The van der Waals surface area contributed by atoms with Gasteiger partial charge in [0.15, 0.2) is 11.5 Å². The first-order valence-electron chi connectivity index (χ1n) is 10.8. The summed E-state index contributed by atoms with van der Waals surface area (Å²) in [5.41, 5.74) is 3.20. The molecular formula is C27H20FN3O4. The monoisotopic (exact) mass is 469 g/mol. The van der Waals surface area contributed by atoms with E-state index in [0.29, 0.717) is 27.8 Å². The van der Waals surface area contributed by atoms with Crippen molar-refractivity contribution in [1.29, 1.82) is 0 Å². The Morgan fingerprint density at radius 2 is 1.66 bits per heavy atom. The van der Waals surface area contributed by atoms with Crippen molar-refractivity contribution in [3.8, 4) is 11.3 Å². The van der Waals surface area contributed by atoms with Gasteiger partial charge in [0.1, 0.15) is 17.1 Å². The van der Waals surface area contributed by atoms with Crippen molar-refractivity contribution in [2.75, 3.05) is 10.6 Å². The first-order valence-corrected chi connectivity index (χ1v) is 10.8. The van der Waals surface area contributed by atoms with E-state index in [1.165, 1.54) is 12.1 Å². The van der Waals surface area contributed by atoms with Gasteiger partial charge < -0.3 is 19.6 Å². The van der Waals surface area contributed by atoms with Gasteiger partial charge in [-0.3, -0.25) is 9.59 Å². The highest BCUT2D eigenvalue weighted by atomic mass is 19.1. The van der Waals surface area contributed by atoms with Crippen LogP contribution in [-0.2, 0) is 0 Å². The quantitative estimate of drug-likeness (QED) is 0.313. The maximum atomic E-state index is 13.9. The van der Waals surface area contributed by atoms with Crippen molar-refractivity contribution in [2.24, 2.45) is 0 Å². The number of rotatable bonds is 5. The number of furan rings is 1. The second kappa shape index (κ2) is 8.90. The van der Waals surface area contributed by atoms with Gasteiger partial charge in [-0.05, 0) is 49.7 Å². The number of halogens is 1. The number of amides is 2. The highest BCUT2D eigenvalue weighted by Gasteiger charge is 2.24. The van der Waals surface area contributed by atoms with E-state index in [1.807, 2.05) is 19.1 Å². The minimum Gasteiger partial charge on any atom is -0.449 e. The molecule has 5 rings (SSSR count). The minimum absolute atomic E-state index is 0.0313. The van der Waals surface area contributed by atoms with E-state index in [0.717, 1.165) is 5.56 Å². The first-order chi connectivity index (χ1) is 16.9. The fraction of sp³-hybridized carbons (Fsp3) is 0.0741. The summed E-state index contributed by atoms with van der Waals surface area (Å²) in [6.45, 7) is 3.60. The van der Waals surface area contributed by atoms with Crippen LogP contribution in [0.1, 0.15) is 32.2 Å². The Labute approximate surface area is 199 Å². The van der Waals surface area contributed by atoms with Crippen molar-refractivity contribution >= 4 is 34.2 Å². The van der Waals surface area contributed by atoms with Crippen molar-refractivity contribution in [2.45, 2.75) is 13.8 Å². The average molecular weight is 469 g/mol. The van der Waals surface area contributed by atoms with Gasteiger partial charge in [-0.1, -0.05) is 47.1 Å². The highest BCUT2D eigenvalue weighted by molar-refractivity contribution is 6.16. The second-order valence-corrected chi connectivity index (χ2v) is 8.12. The molecule has 2 heterocycles. The number of anilines is 2. The molecule has 5 aromatic rings. The van der Waals surface area contributed by atoms with Gasteiger partial charge in [0.25, 0.3) is 11.8 Å². The fourth-order valence-corrected chi connectivity index (χ4v) is 3.60. The Kier molecular flexibility index (Phi) is 5.62. The Balaban J connectivity index is 1.44. The van der Waals surface area contributed by atoms with E-state index in [-0.39, 0.29) is 28.7 Å². The molecule has 0 aliphatic rings. The maximum absolute atomic E-state index is 13.9. The van der Waals surface area contributed by atoms with Crippen LogP contribution in [0.25, 0.3) is 22.3 Å². The molecule has 0 aliphatic heterocycles. The standard InChI is InChI=1S/C27H20FN3O4/c1-15-7-11-18(12-8-15)29-27(33)25-24(19-5-3-4-6-22(19)34-25)30-26(32)21-14-23(35-31-21)17-10-9-16(2)20(28)13-17/h3-14H,1-2H3,(H,29,33)(H,30,32). The Morgan fingerprint density at radius 3 is 2.43 bits per heavy atom. The molecule has 0 aliphatic carbocycles. The number of fused-ring (bicyclic) bond motifs is 1. The Hall–Kier alpha value is -4.72.